The largest absolute Gasteiger partial charge is 0.480 e. The second kappa shape index (κ2) is 12.2. The Kier molecular flexibility index (Phi) is 9.06. The molecule has 0 spiro atoms. The normalized spacial score (nSPS) is 11.8. The van der Waals surface area contributed by atoms with E-state index in [4.69, 9.17) is 16.3 Å². The van der Waals surface area contributed by atoms with E-state index in [9.17, 15) is 23.5 Å². The van der Waals surface area contributed by atoms with Crippen molar-refractivity contribution in [2.24, 2.45) is 0 Å². The lowest BCUT2D eigenvalue weighted by atomic mass is 10.1. The molecule has 0 fully saturated rings. The predicted molar refractivity (Wildman–Crippen MR) is 157 cm³/mol. The van der Waals surface area contributed by atoms with Gasteiger partial charge in [0.05, 0.1) is 5.56 Å². The molecule has 0 aliphatic heterocycles. The van der Waals surface area contributed by atoms with Crippen LogP contribution in [0.3, 0.4) is 0 Å². The van der Waals surface area contributed by atoms with Gasteiger partial charge in [0.1, 0.15) is 9.49 Å². The first kappa shape index (κ1) is 30.5. The van der Waals surface area contributed by atoms with Gasteiger partial charge in [0.2, 0.25) is 5.88 Å². The van der Waals surface area contributed by atoms with Crippen LogP contribution in [0.4, 0.5) is 8.78 Å². The fraction of sp³-hybridized carbons (Fsp3) is 0.200. The highest BCUT2D eigenvalue weighted by atomic mass is 35.5. The molecule has 0 atom stereocenters. The first-order valence-corrected chi connectivity index (χ1v) is 14.3. The maximum atomic E-state index is 14.3. The molecule has 2 aromatic heterocycles. The van der Waals surface area contributed by atoms with E-state index in [-0.39, 0.29) is 17.0 Å². The molecule has 4 aromatic rings. The van der Waals surface area contributed by atoms with E-state index < -0.39 is 33.1 Å². The van der Waals surface area contributed by atoms with Gasteiger partial charge in [-0.3, -0.25) is 14.6 Å². The van der Waals surface area contributed by atoms with Crippen molar-refractivity contribution in [2.75, 3.05) is 0 Å². The Hall–Kier alpha value is -3.47. The molecule has 1 N–H and O–H groups in total. The summed E-state index contributed by atoms with van der Waals surface area (Å²) in [5, 5.41) is 10.3. The molecule has 0 radical (unpaired) electrons. The minimum atomic E-state index is -1.29. The number of rotatable bonds is 9. The molecule has 0 bridgehead atoms. The van der Waals surface area contributed by atoms with E-state index in [0.29, 0.717) is 9.92 Å². The third kappa shape index (κ3) is 7.06. The molecule has 212 valence electrons. The molecule has 0 aliphatic carbocycles. The molecule has 2 aromatic carbocycles. The van der Waals surface area contributed by atoms with Gasteiger partial charge in [0.15, 0.2) is 11.6 Å². The standard InChI is InChI=1S/C30H25ClF2N2O4S2/c1-29(2,27(36)37)41-24-12-14-35-26(25(24)18-7-10-21(32)22(33)15-18)39-28(38)30(3,4)40-23-11-13-34-16-20(23)17-5-8-19(31)9-6-17/h5-16H,1-4H3,(H,36,37). The van der Waals surface area contributed by atoms with E-state index in [2.05, 4.69) is 9.97 Å². The number of aliphatic carboxylic acids is 1. The van der Waals surface area contributed by atoms with E-state index >= 15 is 0 Å². The number of carbonyl (C=O) groups excluding carboxylic acids is 1. The summed E-state index contributed by atoms with van der Waals surface area (Å²) in [5.74, 6) is -4.06. The number of thioether (sulfide) groups is 2. The zero-order valence-corrected chi connectivity index (χ0v) is 24.8. The fourth-order valence-electron chi connectivity index (χ4n) is 3.67. The lowest BCUT2D eigenvalue weighted by Gasteiger charge is -2.25. The topological polar surface area (TPSA) is 89.4 Å². The van der Waals surface area contributed by atoms with Gasteiger partial charge in [-0.25, -0.2) is 13.8 Å². The quantitative estimate of drug-likeness (QED) is 0.149. The Bertz CT molecular complexity index is 1610. The second-order valence-corrected chi connectivity index (χ2v) is 13.7. The van der Waals surface area contributed by atoms with Crippen LogP contribution in [0.25, 0.3) is 22.3 Å². The van der Waals surface area contributed by atoms with Crippen LogP contribution in [0.2, 0.25) is 5.02 Å². The Morgan fingerprint density at radius 2 is 1.49 bits per heavy atom. The molecule has 0 saturated heterocycles. The molecule has 4 rings (SSSR count). The summed E-state index contributed by atoms with van der Waals surface area (Å²) in [6.07, 6.45) is 4.69. The van der Waals surface area contributed by atoms with Crippen LogP contribution in [0, 0.1) is 11.6 Å². The van der Waals surface area contributed by atoms with Crippen LogP contribution in [0.15, 0.2) is 83.0 Å². The van der Waals surface area contributed by atoms with Crippen LogP contribution in [-0.2, 0) is 9.59 Å². The number of nitrogens with zero attached hydrogens (tertiary/aromatic N) is 2. The average molecular weight is 615 g/mol. The van der Waals surface area contributed by atoms with Gasteiger partial charge in [-0.05, 0) is 75.2 Å². The number of carboxylic acid groups (broad SMARTS) is 1. The minimum absolute atomic E-state index is 0.159. The van der Waals surface area contributed by atoms with Gasteiger partial charge >= 0.3 is 11.9 Å². The van der Waals surface area contributed by atoms with E-state index in [1.165, 1.54) is 37.9 Å². The lowest BCUT2D eigenvalue weighted by molar-refractivity contribution is -0.139. The number of hydrogen-bond donors (Lipinski definition) is 1. The zero-order valence-electron chi connectivity index (χ0n) is 22.4. The van der Waals surface area contributed by atoms with E-state index in [1.807, 2.05) is 12.1 Å². The van der Waals surface area contributed by atoms with Crippen molar-refractivity contribution in [1.29, 1.82) is 0 Å². The maximum absolute atomic E-state index is 14.3. The number of halogens is 3. The molecular formula is C30H25ClF2N2O4S2. The Labute approximate surface area is 249 Å². The summed E-state index contributed by atoms with van der Waals surface area (Å²) >= 11 is 8.27. The highest BCUT2D eigenvalue weighted by Crippen LogP contribution is 2.44. The van der Waals surface area contributed by atoms with E-state index in [1.54, 1.807) is 50.5 Å². The Morgan fingerprint density at radius 3 is 2.15 bits per heavy atom. The number of aromatic nitrogens is 2. The van der Waals surface area contributed by atoms with Crippen molar-refractivity contribution in [3.8, 4) is 28.1 Å². The smallest absolute Gasteiger partial charge is 0.328 e. The molecule has 41 heavy (non-hydrogen) atoms. The molecule has 0 unspecified atom stereocenters. The molecule has 6 nitrogen and oxygen atoms in total. The van der Waals surface area contributed by atoms with Gasteiger partial charge in [-0.2, -0.15) is 0 Å². The molecule has 0 aliphatic rings. The number of benzene rings is 2. The second-order valence-electron chi connectivity index (χ2n) is 9.92. The van der Waals surface area contributed by atoms with Gasteiger partial charge < -0.3 is 9.84 Å². The highest BCUT2D eigenvalue weighted by molar-refractivity contribution is 8.01. The molecule has 0 amide bonds. The van der Waals surface area contributed by atoms with Crippen LogP contribution in [0.5, 0.6) is 5.88 Å². The van der Waals surface area contributed by atoms with Crippen molar-refractivity contribution in [3.63, 3.8) is 0 Å². The van der Waals surface area contributed by atoms with Crippen molar-refractivity contribution in [1.82, 2.24) is 9.97 Å². The Morgan fingerprint density at radius 1 is 0.854 bits per heavy atom. The van der Waals surface area contributed by atoms with Crippen LogP contribution in [-0.4, -0.2) is 36.5 Å². The number of hydrogen-bond acceptors (Lipinski definition) is 7. The molecule has 0 saturated carbocycles. The maximum Gasteiger partial charge on any atom is 0.328 e. The van der Waals surface area contributed by atoms with Crippen LogP contribution < -0.4 is 4.74 Å². The summed E-state index contributed by atoms with van der Waals surface area (Å²) in [4.78, 5) is 35.0. The lowest BCUT2D eigenvalue weighted by Crippen LogP contribution is -2.33. The van der Waals surface area contributed by atoms with Gasteiger partial charge in [0, 0.05) is 39.0 Å². The van der Waals surface area contributed by atoms with Crippen molar-refractivity contribution in [3.05, 3.63) is 89.8 Å². The third-order valence-corrected chi connectivity index (χ3v) is 8.70. The van der Waals surface area contributed by atoms with Gasteiger partial charge in [0.25, 0.3) is 0 Å². The molecule has 2 heterocycles. The van der Waals surface area contributed by atoms with Crippen LogP contribution >= 0.6 is 35.1 Å². The summed E-state index contributed by atoms with van der Waals surface area (Å²) in [5.41, 5.74) is 2.01. The minimum Gasteiger partial charge on any atom is -0.480 e. The summed E-state index contributed by atoms with van der Waals surface area (Å²) < 4.78 is 31.4. The number of carboxylic acids is 1. The number of pyridine rings is 2. The fourth-order valence-corrected chi connectivity index (χ4v) is 5.95. The average Bonchev–Trinajstić information content (AvgIpc) is 2.91. The summed E-state index contributed by atoms with van der Waals surface area (Å²) in [6, 6.07) is 13.8. The monoisotopic (exact) mass is 614 g/mol. The number of ether oxygens (including phenoxy) is 1. The summed E-state index contributed by atoms with van der Waals surface area (Å²) in [6.45, 7) is 6.40. The van der Waals surface area contributed by atoms with Crippen molar-refractivity contribution < 1.29 is 28.2 Å². The molecular weight excluding hydrogens is 590 g/mol. The first-order valence-electron chi connectivity index (χ1n) is 12.3. The van der Waals surface area contributed by atoms with Crippen molar-refractivity contribution in [2.45, 2.75) is 47.0 Å². The predicted octanol–water partition coefficient (Wildman–Crippen LogP) is 8.17. The summed E-state index contributed by atoms with van der Waals surface area (Å²) in [7, 11) is 0. The van der Waals surface area contributed by atoms with Gasteiger partial charge in [-0.15, -0.1) is 23.5 Å². The van der Waals surface area contributed by atoms with Gasteiger partial charge in [-0.1, -0.05) is 29.8 Å². The SMILES string of the molecule is CC(C)(Sc1ccnc(OC(=O)C(C)(C)Sc2ccncc2-c2ccc(Cl)cc2)c1-c1ccc(F)c(F)c1)C(=O)O. The number of esters is 1. The number of carbonyl (C=O) groups is 2. The first-order chi connectivity index (χ1) is 19.3. The Balaban J connectivity index is 1.71. The third-order valence-electron chi connectivity index (χ3n) is 5.95. The van der Waals surface area contributed by atoms with Crippen molar-refractivity contribution >= 4 is 47.1 Å². The molecule has 11 heteroatoms. The highest BCUT2D eigenvalue weighted by Gasteiger charge is 2.35. The van der Waals surface area contributed by atoms with Crippen LogP contribution in [0.1, 0.15) is 27.7 Å². The van der Waals surface area contributed by atoms with E-state index in [0.717, 1.165) is 39.9 Å². The zero-order chi connectivity index (χ0) is 29.9.